The van der Waals surface area contributed by atoms with Gasteiger partial charge in [-0.05, 0) is 96.3 Å². The van der Waals surface area contributed by atoms with E-state index in [0.717, 1.165) is 83.5 Å². The van der Waals surface area contributed by atoms with E-state index in [4.69, 9.17) is 0 Å². The summed E-state index contributed by atoms with van der Waals surface area (Å²) in [5.74, 6) is -0.0784. The summed E-state index contributed by atoms with van der Waals surface area (Å²) in [7, 11) is 0. The molecule has 0 aromatic rings. The standard InChI is InChI=1S/C68H117NO3/c1-3-5-7-9-11-13-15-17-19-21-23-25-27-28-29-30-31-32-33-34-35-36-37-38-39-40-42-44-46-48-50-52-54-56-58-60-62-64-68(72)69-66(65-70)67(71)63-61-59-57-55-53-51-49-47-45-43-41-26-24-22-20-18-16-14-12-10-8-6-4-2/h5,7,11,13,17,19,23,25,28-29,31-32,34-35,37-38,53,55,61,63,66-67,70-71H,3-4,6,8-10,12,14-16,18,20-22,24,26-27,30,33,36,39-52,54,56-60,62,64-65H2,1-2H3,(H,69,72)/b7-5-,13-11-,19-17-,25-23-,29-28-,32-31-,35-34-,38-37-,55-53+,63-61+. The average molecular weight is 997 g/mol. The molecule has 0 aliphatic rings. The van der Waals surface area contributed by atoms with Gasteiger partial charge in [0.2, 0.25) is 5.91 Å². The molecule has 0 fully saturated rings. The molecule has 0 bridgehead atoms. The minimum atomic E-state index is -0.871. The van der Waals surface area contributed by atoms with E-state index in [2.05, 4.69) is 129 Å². The maximum Gasteiger partial charge on any atom is 0.220 e. The van der Waals surface area contributed by atoms with E-state index in [1.165, 1.54) is 180 Å². The molecule has 0 spiro atoms. The second kappa shape index (κ2) is 62.1. The molecule has 0 rings (SSSR count). The lowest BCUT2D eigenvalue weighted by Gasteiger charge is -2.19. The lowest BCUT2D eigenvalue weighted by molar-refractivity contribution is -0.123. The minimum absolute atomic E-state index is 0.0784. The summed E-state index contributed by atoms with van der Waals surface area (Å²) < 4.78 is 0. The van der Waals surface area contributed by atoms with Crippen molar-refractivity contribution < 1.29 is 15.0 Å². The Balaban J connectivity index is 3.58. The number of hydrogen-bond donors (Lipinski definition) is 3. The third kappa shape index (κ3) is 57.7. The predicted molar refractivity (Wildman–Crippen MR) is 322 cm³/mol. The molecule has 2 unspecified atom stereocenters. The van der Waals surface area contributed by atoms with Gasteiger partial charge in [0.05, 0.1) is 18.8 Å². The molecule has 0 aliphatic carbocycles. The summed E-state index contributed by atoms with van der Waals surface area (Å²) in [6.07, 6.45) is 95.2. The summed E-state index contributed by atoms with van der Waals surface area (Å²) in [5.41, 5.74) is 0. The van der Waals surface area contributed by atoms with Crippen LogP contribution >= 0.6 is 0 Å². The molecule has 0 saturated heterocycles. The number of aliphatic hydroxyl groups excluding tert-OH is 2. The number of aliphatic hydroxyl groups is 2. The van der Waals surface area contributed by atoms with Crippen LogP contribution in [-0.2, 0) is 4.79 Å². The van der Waals surface area contributed by atoms with Crippen LogP contribution in [-0.4, -0.2) is 34.9 Å². The quantitative estimate of drug-likeness (QED) is 0.0420. The zero-order chi connectivity index (χ0) is 52.0. The fraction of sp³-hybridized carbons (Fsp3) is 0.691. The second-order valence-electron chi connectivity index (χ2n) is 20.4. The molecule has 4 nitrogen and oxygen atoms in total. The van der Waals surface area contributed by atoms with Crippen LogP contribution < -0.4 is 5.32 Å². The molecular weight excluding hydrogens is 879 g/mol. The topological polar surface area (TPSA) is 69.6 Å². The molecule has 0 aliphatic heterocycles. The van der Waals surface area contributed by atoms with E-state index >= 15 is 0 Å². The van der Waals surface area contributed by atoms with Crippen LogP contribution in [0.4, 0.5) is 0 Å². The van der Waals surface area contributed by atoms with Gasteiger partial charge in [0.25, 0.3) is 0 Å². The number of carbonyl (C=O) groups excluding carboxylic acids is 1. The summed E-state index contributed by atoms with van der Waals surface area (Å²) >= 11 is 0. The number of allylic oxidation sites excluding steroid dienone is 19. The van der Waals surface area contributed by atoms with Gasteiger partial charge in [0.15, 0.2) is 0 Å². The molecule has 1 amide bonds. The van der Waals surface area contributed by atoms with Gasteiger partial charge in [-0.15, -0.1) is 0 Å². The maximum absolute atomic E-state index is 12.5. The molecular formula is C68H117NO3. The van der Waals surface area contributed by atoms with Crippen molar-refractivity contribution in [1.29, 1.82) is 0 Å². The molecule has 0 aromatic heterocycles. The Bertz CT molecular complexity index is 1410. The highest BCUT2D eigenvalue weighted by atomic mass is 16.3. The molecule has 4 heteroatoms. The van der Waals surface area contributed by atoms with Crippen LogP contribution in [0, 0.1) is 0 Å². The van der Waals surface area contributed by atoms with Crippen LogP contribution in [0.3, 0.4) is 0 Å². The van der Waals surface area contributed by atoms with Crippen LogP contribution in [0.1, 0.15) is 284 Å². The summed E-state index contributed by atoms with van der Waals surface area (Å²) in [5, 5.41) is 23.2. The second-order valence-corrected chi connectivity index (χ2v) is 20.4. The van der Waals surface area contributed by atoms with E-state index in [1.807, 2.05) is 6.08 Å². The van der Waals surface area contributed by atoms with Gasteiger partial charge in [-0.2, -0.15) is 0 Å². The van der Waals surface area contributed by atoms with Crippen molar-refractivity contribution in [2.24, 2.45) is 0 Å². The SMILES string of the molecule is CC/C=C\C/C=C\C/C=C\C/C=C\C/C=C\C/C=C\C/C=C\C/C=C\CCCCCCCCCCCCCCC(=O)NC(CO)C(O)/C=C/CC/C=C/CCCCCCCCCCCCCCCCCCC. The van der Waals surface area contributed by atoms with Crippen molar-refractivity contribution >= 4 is 5.91 Å². The fourth-order valence-electron chi connectivity index (χ4n) is 8.80. The maximum atomic E-state index is 12.5. The molecule has 412 valence electrons. The van der Waals surface area contributed by atoms with Gasteiger partial charge in [0.1, 0.15) is 0 Å². The highest BCUT2D eigenvalue weighted by Crippen LogP contribution is 2.16. The van der Waals surface area contributed by atoms with E-state index in [0.29, 0.717) is 6.42 Å². The highest BCUT2D eigenvalue weighted by Gasteiger charge is 2.18. The third-order valence-corrected chi connectivity index (χ3v) is 13.4. The summed E-state index contributed by atoms with van der Waals surface area (Å²) in [6.45, 7) is 4.20. The first-order valence-electron chi connectivity index (χ1n) is 30.7. The molecule has 0 radical (unpaired) electrons. The van der Waals surface area contributed by atoms with E-state index in [-0.39, 0.29) is 12.5 Å². The number of carbonyl (C=O) groups is 1. The zero-order valence-corrected chi connectivity index (χ0v) is 47.4. The Kier molecular flexibility index (Phi) is 59.3. The van der Waals surface area contributed by atoms with Crippen LogP contribution in [0.15, 0.2) is 122 Å². The first-order valence-corrected chi connectivity index (χ1v) is 30.7. The molecule has 0 saturated carbocycles. The molecule has 2 atom stereocenters. The molecule has 0 aromatic carbocycles. The Morgan fingerprint density at radius 2 is 0.625 bits per heavy atom. The van der Waals surface area contributed by atoms with Crippen LogP contribution in [0.2, 0.25) is 0 Å². The number of nitrogens with one attached hydrogen (secondary N) is 1. The third-order valence-electron chi connectivity index (χ3n) is 13.4. The van der Waals surface area contributed by atoms with Crippen molar-refractivity contribution in [1.82, 2.24) is 5.32 Å². The van der Waals surface area contributed by atoms with Crippen molar-refractivity contribution in [3.63, 3.8) is 0 Å². The van der Waals surface area contributed by atoms with Crippen molar-refractivity contribution in [3.8, 4) is 0 Å². The van der Waals surface area contributed by atoms with Gasteiger partial charge in [-0.25, -0.2) is 0 Å². The molecule has 3 N–H and O–H groups in total. The van der Waals surface area contributed by atoms with E-state index in [9.17, 15) is 15.0 Å². The van der Waals surface area contributed by atoms with Gasteiger partial charge in [-0.1, -0.05) is 302 Å². The Morgan fingerprint density at radius 3 is 0.972 bits per heavy atom. The van der Waals surface area contributed by atoms with Gasteiger partial charge in [-0.3, -0.25) is 4.79 Å². The Hall–Kier alpha value is -3.21. The van der Waals surface area contributed by atoms with Crippen molar-refractivity contribution in [2.75, 3.05) is 6.61 Å². The number of amides is 1. The lowest BCUT2D eigenvalue weighted by Crippen LogP contribution is -2.45. The average Bonchev–Trinajstić information content (AvgIpc) is 3.39. The smallest absolute Gasteiger partial charge is 0.220 e. The van der Waals surface area contributed by atoms with Gasteiger partial charge >= 0.3 is 0 Å². The minimum Gasteiger partial charge on any atom is -0.394 e. The number of unbranched alkanes of at least 4 members (excludes halogenated alkanes) is 30. The summed E-state index contributed by atoms with van der Waals surface area (Å²) in [4.78, 5) is 12.5. The van der Waals surface area contributed by atoms with E-state index < -0.39 is 12.1 Å². The van der Waals surface area contributed by atoms with Gasteiger partial charge in [0, 0.05) is 6.42 Å². The summed E-state index contributed by atoms with van der Waals surface area (Å²) in [6, 6.07) is -0.649. The largest absolute Gasteiger partial charge is 0.394 e. The van der Waals surface area contributed by atoms with Crippen molar-refractivity contribution in [2.45, 2.75) is 296 Å². The Labute approximate surface area is 448 Å². The predicted octanol–water partition coefficient (Wildman–Crippen LogP) is 20.8. The fourth-order valence-corrected chi connectivity index (χ4v) is 8.80. The van der Waals surface area contributed by atoms with Crippen molar-refractivity contribution in [3.05, 3.63) is 122 Å². The first-order chi connectivity index (χ1) is 35.7. The van der Waals surface area contributed by atoms with Crippen LogP contribution in [0.5, 0.6) is 0 Å². The number of hydrogen-bond acceptors (Lipinski definition) is 3. The monoisotopic (exact) mass is 996 g/mol. The Morgan fingerprint density at radius 1 is 0.347 bits per heavy atom. The zero-order valence-electron chi connectivity index (χ0n) is 47.4. The number of rotatable bonds is 55. The lowest BCUT2D eigenvalue weighted by atomic mass is 10.0. The van der Waals surface area contributed by atoms with Gasteiger partial charge < -0.3 is 15.5 Å². The molecule has 72 heavy (non-hydrogen) atoms. The van der Waals surface area contributed by atoms with E-state index in [1.54, 1.807) is 6.08 Å². The first kappa shape index (κ1) is 68.8. The van der Waals surface area contributed by atoms with Crippen LogP contribution in [0.25, 0.3) is 0 Å². The normalized spacial score (nSPS) is 13.7. The highest BCUT2D eigenvalue weighted by molar-refractivity contribution is 5.76. The molecule has 0 heterocycles.